The van der Waals surface area contributed by atoms with Crippen molar-refractivity contribution in [3.8, 4) is 0 Å². The minimum Gasteiger partial charge on any atom is -0.477 e. The molecule has 1 aromatic rings. The highest BCUT2D eigenvalue weighted by atomic mass is 32.2. The Morgan fingerprint density at radius 1 is 1.55 bits per heavy atom. The molecule has 0 radical (unpaired) electrons. The van der Waals surface area contributed by atoms with Gasteiger partial charge in [-0.15, -0.1) is 0 Å². The molecule has 0 unspecified atom stereocenters. The normalized spacial score (nSPS) is 26.3. The number of β-lactam (4-membered cyclic amide) rings is 1. The van der Waals surface area contributed by atoms with E-state index in [1.165, 1.54) is 16.7 Å². The van der Waals surface area contributed by atoms with Crippen molar-refractivity contribution in [2.45, 2.75) is 18.4 Å². The third-order valence-electron chi connectivity index (χ3n) is 3.42. The molecule has 0 bridgehead atoms. The van der Waals surface area contributed by atoms with Crippen LogP contribution in [0, 0.1) is 5.92 Å². The van der Waals surface area contributed by atoms with Gasteiger partial charge in [-0.25, -0.2) is 4.79 Å². The van der Waals surface area contributed by atoms with Gasteiger partial charge in [0.2, 0.25) is 5.91 Å². The molecule has 2 aliphatic heterocycles. The van der Waals surface area contributed by atoms with Crippen LogP contribution in [-0.4, -0.2) is 43.5 Å². The summed E-state index contributed by atoms with van der Waals surface area (Å²) >= 11 is 1.29. The Hall–Kier alpha value is -1.86. The molecule has 104 valence electrons. The highest BCUT2D eigenvalue weighted by Crippen LogP contribution is 2.53. The Labute approximate surface area is 119 Å². The van der Waals surface area contributed by atoms with E-state index in [0.717, 1.165) is 0 Å². The standard InChI is InChI=1S/C13H12N2O4S/c1-6(16)8-11(17)15-9(13(18)19)10(20-12(8)15)7-3-2-4-14-5-7/h2-6,8,12,16H,1H3,(H,18,19)/t6-,8+,12-/m1/s1. The molecule has 1 saturated heterocycles. The van der Waals surface area contributed by atoms with E-state index in [0.29, 0.717) is 10.5 Å². The van der Waals surface area contributed by atoms with E-state index in [9.17, 15) is 19.8 Å². The Morgan fingerprint density at radius 3 is 2.85 bits per heavy atom. The number of pyridine rings is 1. The molecular formula is C13H12N2O4S. The number of carboxylic acid groups (broad SMARTS) is 1. The van der Waals surface area contributed by atoms with Crippen LogP contribution in [0.2, 0.25) is 0 Å². The van der Waals surface area contributed by atoms with Crippen molar-refractivity contribution in [2.75, 3.05) is 0 Å². The summed E-state index contributed by atoms with van der Waals surface area (Å²) in [5.41, 5.74) is 0.649. The lowest BCUT2D eigenvalue weighted by Crippen LogP contribution is -2.60. The number of nitrogens with zero attached hydrogens (tertiary/aromatic N) is 2. The van der Waals surface area contributed by atoms with E-state index in [-0.39, 0.29) is 17.0 Å². The molecule has 2 aliphatic rings. The lowest BCUT2D eigenvalue weighted by atomic mass is 9.92. The molecule has 0 aromatic carbocycles. The molecule has 1 amide bonds. The predicted octanol–water partition coefficient (Wildman–Crippen LogP) is 0.747. The number of hydrogen-bond acceptors (Lipinski definition) is 5. The van der Waals surface area contributed by atoms with Crippen molar-refractivity contribution in [2.24, 2.45) is 5.92 Å². The van der Waals surface area contributed by atoms with Gasteiger partial charge in [0.05, 0.1) is 12.0 Å². The number of carboxylic acids is 1. The van der Waals surface area contributed by atoms with Crippen LogP contribution < -0.4 is 0 Å². The molecule has 1 aromatic heterocycles. The van der Waals surface area contributed by atoms with Crippen molar-refractivity contribution in [1.82, 2.24) is 9.88 Å². The Bertz CT molecular complexity index is 614. The van der Waals surface area contributed by atoms with E-state index in [2.05, 4.69) is 4.98 Å². The van der Waals surface area contributed by atoms with Crippen LogP contribution in [0.5, 0.6) is 0 Å². The summed E-state index contributed by atoms with van der Waals surface area (Å²) in [4.78, 5) is 29.2. The first-order valence-corrected chi connectivity index (χ1v) is 6.96. The molecule has 3 rings (SSSR count). The van der Waals surface area contributed by atoms with Gasteiger partial charge in [0.15, 0.2) is 0 Å². The number of hydrogen-bond donors (Lipinski definition) is 2. The monoisotopic (exact) mass is 292 g/mol. The summed E-state index contributed by atoms with van der Waals surface area (Å²) in [5.74, 6) is -2.03. The number of rotatable bonds is 3. The Balaban J connectivity index is 2.03. The zero-order valence-electron chi connectivity index (χ0n) is 10.6. The molecule has 3 heterocycles. The number of amides is 1. The van der Waals surface area contributed by atoms with Crippen LogP contribution in [0.1, 0.15) is 12.5 Å². The van der Waals surface area contributed by atoms with E-state index in [1.807, 2.05) is 0 Å². The van der Waals surface area contributed by atoms with Gasteiger partial charge in [-0.2, -0.15) is 0 Å². The van der Waals surface area contributed by atoms with E-state index in [4.69, 9.17) is 0 Å². The zero-order chi connectivity index (χ0) is 14.4. The lowest BCUT2D eigenvalue weighted by molar-refractivity contribution is -0.156. The SMILES string of the molecule is C[C@@H](O)[C@H]1C(=O)N2C(C(=O)O)=C(c3cccnc3)S[C@H]12. The number of carbonyl (C=O) groups is 2. The highest BCUT2D eigenvalue weighted by Gasteiger charge is 2.57. The average Bonchev–Trinajstić information content (AvgIpc) is 2.74. The fourth-order valence-electron chi connectivity index (χ4n) is 2.48. The second-order valence-corrected chi connectivity index (χ2v) is 5.83. The van der Waals surface area contributed by atoms with Gasteiger partial charge in [0.25, 0.3) is 0 Å². The molecule has 1 fully saturated rings. The fourth-order valence-corrected chi connectivity index (χ4v) is 4.08. The first kappa shape index (κ1) is 13.1. The number of carbonyl (C=O) groups excluding carboxylic acids is 1. The molecule has 0 aliphatic carbocycles. The van der Waals surface area contributed by atoms with E-state index < -0.39 is 18.0 Å². The van der Waals surface area contributed by atoms with Gasteiger partial charge in [-0.1, -0.05) is 17.8 Å². The number of thioether (sulfide) groups is 1. The van der Waals surface area contributed by atoms with Crippen LogP contribution in [0.3, 0.4) is 0 Å². The van der Waals surface area contributed by atoms with Crippen molar-refractivity contribution in [3.63, 3.8) is 0 Å². The second kappa shape index (κ2) is 4.60. The van der Waals surface area contributed by atoms with Crippen LogP contribution in [-0.2, 0) is 9.59 Å². The largest absolute Gasteiger partial charge is 0.477 e. The molecule has 0 saturated carbocycles. The van der Waals surface area contributed by atoms with Gasteiger partial charge < -0.3 is 10.2 Å². The van der Waals surface area contributed by atoms with Gasteiger partial charge in [-0.3, -0.25) is 14.7 Å². The molecule has 7 heteroatoms. The molecule has 20 heavy (non-hydrogen) atoms. The second-order valence-electron chi connectivity index (χ2n) is 4.71. The first-order chi connectivity index (χ1) is 9.52. The maximum Gasteiger partial charge on any atom is 0.353 e. The maximum absolute atomic E-state index is 12.0. The molecule has 6 nitrogen and oxygen atoms in total. The van der Waals surface area contributed by atoms with Crippen LogP contribution in [0.4, 0.5) is 0 Å². The van der Waals surface area contributed by atoms with E-state index >= 15 is 0 Å². The highest BCUT2D eigenvalue weighted by molar-refractivity contribution is 8.09. The first-order valence-electron chi connectivity index (χ1n) is 6.08. The topological polar surface area (TPSA) is 90.7 Å². The molecule has 3 atom stereocenters. The van der Waals surface area contributed by atoms with Crippen molar-refractivity contribution in [1.29, 1.82) is 0 Å². The zero-order valence-corrected chi connectivity index (χ0v) is 11.4. The van der Waals surface area contributed by atoms with Crippen LogP contribution >= 0.6 is 11.8 Å². The summed E-state index contributed by atoms with van der Waals surface area (Å²) in [6, 6.07) is 3.47. The summed E-state index contributed by atoms with van der Waals surface area (Å²) in [7, 11) is 0. The maximum atomic E-state index is 12.0. The van der Waals surface area contributed by atoms with E-state index in [1.54, 1.807) is 31.5 Å². The summed E-state index contributed by atoms with van der Waals surface area (Å²) < 4.78 is 0. The summed E-state index contributed by atoms with van der Waals surface area (Å²) in [5, 5.41) is 18.7. The Morgan fingerprint density at radius 2 is 2.30 bits per heavy atom. The Kier molecular flexibility index (Phi) is 3.02. The minimum absolute atomic E-state index is 0.0186. The lowest BCUT2D eigenvalue weighted by Gasteiger charge is -2.43. The number of aliphatic hydroxyl groups is 1. The molecule has 0 spiro atoms. The molecule has 2 N–H and O–H groups in total. The molecular weight excluding hydrogens is 280 g/mol. The summed E-state index contributed by atoms with van der Waals surface area (Å²) in [6.07, 6.45) is 2.38. The average molecular weight is 292 g/mol. The van der Waals surface area contributed by atoms with Gasteiger partial charge in [0.1, 0.15) is 11.1 Å². The number of aliphatic carboxylic acids is 1. The third-order valence-corrected chi connectivity index (χ3v) is 4.84. The van der Waals surface area contributed by atoms with Gasteiger partial charge >= 0.3 is 5.97 Å². The van der Waals surface area contributed by atoms with Gasteiger partial charge in [0, 0.05) is 22.9 Å². The van der Waals surface area contributed by atoms with Crippen molar-refractivity contribution >= 4 is 28.5 Å². The third kappa shape index (κ3) is 1.74. The van der Waals surface area contributed by atoms with Crippen molar-refractivity contribution in [3.05, 3.63) is 35.8 Å². The van der Waals surface area contributed by atoms with Crippen LogP contribution in [0.25, 0.3) is 4.91 Å². The van der Waals surface area contributed by atoms with Crippen molar-refractivity contribution < 1.29 is 19.8 Å². The fraction of sp³-hybridized carbons (Fsp3) is 0.308. The van der Waals surface area contributed by atoms with Crippen LogP contribution in [0.15, 0.2) is 30.2 Å². The number of fused-ring (bicyclic) bond motifs is 1. The quantitative estimate of drug-likeness (QED) is 0.799. The number of aromatic nitrogens is 1. The predicted molar refractivity (Wildman–Crippen MR) is 72.2 cm³/mol. The van der Waals surface area contributed by atoms with Gasteiger partial charge in [-0.05, 0) is 13.0 Å². The number of aliphatic hydroxyl groups excluding tert-OH is 1. The minimum atomic E-state index is -1.14. The summed E-state index contributed by atoms with van der Waals surface area (Å²) in [6.45, 7) is 1.54. The smallest absolute Gasteiger partial charge is 0.353 e.